The van der Waals surface area contributed by atoms with Gasteiger partial charge in [-0.15, -0.1) is 0 Å². The minimum atomic E-state index is 0.517. The molecule has 0 amide bonds. The molecule has 1 unspecified atom stereocenters. The van der Waals surface area contributed by atoms with Gasteiger partial charge in [0.15, 0.2) is 5.96 Å². The molecule has 2 heterocycles. The van der Waals surface area contributed by atoms with E-state index in [1.54, 1.807) is 0 Å². The number of nitrogens with zero attached hydrogens (tertiary/aromatic N) is 2. The van der Waals surface area contributed by atoms with E-state index in [0.29, 0.717) is 6.04 Å². The number of aliphatic imine (C=N–C) groups is 1. The first-order valence-corrected chi connectivity index (χ1v) is 7.02. The first-order chi connectivity index (χ1) is 8.88. The predicted octanol–water partition coefficient (Wildman–Crippen LogP) is 2.35. The van der Waals surface area contributed by atoms with Crippen LogP contribution in [0.15, 0.2) is 29.3 Å². The molecule has 96 valence electrons. The van der Waals surface area contributed by atoms with Gasteiger partial charge in [-0.25, -0.2) is 0 Å². The molecule has 3 heteroatoms. The van der Waals surface area contributed by atoms with E-state index in [4.69, 9.17) is 0 Å². The summed E-state index contributed by atoms with van der Waals surface area (Å²) in [4.78, 5) is 6.96. The summed E-state index contributed by atoms with van der Waals surface area (Å²) >= 11 is 0. The fourth-order valence-corrected chi connectivity index (χ4v) is 2.94. The van der Waals surface area contributed by atoms with Crippen LogP contribution >= 0.6 is 0 Å². The van der Waals surface area contributed by atoms with Crippen molar-refractivity contribution >= 4 is 5.96 Å². The third-order valence-electron chi connectivity index (χ3n) is 3.85. The van der Waals surface area contributed by atoms with Gasteiger partial charge in [-0.1, -0.05) is 37.6 Å². The Morgan fingerprint density at radius 2 is 2.17 bits per heavy atom. The fourth-order valence-electron chi connectivity index (χ4n) is 2.94. The van der Waals surface area contributed by atoms with Gasteiger partial charge in [0.05, 0.1) is 6.04 Å². The van der Waals surface area contributed by atoms with Gasteiger partial charge in [0.25, 0.3) is 0 Å². The summed E-state index contributed by atoms with van der Waals surface area (Å²) in [5.74, 6) is 1.10. The second-order valence-corrected chi connectivity index (χ2v) is 5.12. The molecule has 1 aromatic rings. The van der Waals surface area contributed by atoms with Gasteiger partial charge in [0, 0.05) is 19.6 Å². The second-order valence-electron chi connectivity index (χ2n) is 5.12. The van der Waals surface area contributed by atoms with E-state index in [-0.39, 0.29) is 0 Å². The molecule has 0 saturated carbocycles. The van der Waals surface area contributed by atoms with E-state index in [2.05, 4.69) is 46.4 Å². The average molecular weight is 243 g/mol. The molecule has 1 saturated heterocycles. The molecule has 0 bridgehead atoms. The van der Waals surface area contributed by atoms with Gasteiger partial charge >= 0.3 is 0 Å². The van der Waals surface area contributed by atoms with Crippen LogP contribution in [0.5, 0.6) is 0 Å². The summed E-state index contributed by atoms with van der Waals surface area (Å²) in [6.45, 7) is 5.29. The second kappa shape index (κ2) is 5.01. The highest BCUT2D eigenvalue weighted by Gasteiger charge is 2.29. The molecule has 0 spiro atoms. The molecule has 2 aliphatic heterocycles. The molecule has 1 fully saturated rings. The number of hydrogen-bond donors (Lipinski definition) is 1. The average Bonchev–Trinajstić information content (AvgIpc) is 2.88. The Kier molecular flexibility index (Phi) is 3.22. The lowest BCUT2D eigenvalue weighted by Gasteiger charge is -2.32. The van der Waals surface area contributed by atoms with Crippen LogP contribution in [0.25, 0.3) is 0 Å². The number of aryl methyl sites for hydroxylation is 1. The highest BCUT2D eigenvalue weighted by molar-refractivity contribution is 5.82. The molecule has 0 aliphatic carbocycles. The summed E-state index contributed by atoms with van der Waals surface area (Å²) < 4.78 is 0. The van der Waals surface area contributed by atoms with Crippen molar-refractivity contribution in [2.24, 2.45) is 4.99 Å². The highest BCUT2D eigenvalue weighted by Crippen LogP contribution is 2.28. The summed E-state index contributed by atoms with van der Waals surface area (Å²) in [6.07, 6.45) is 3.54. The van der Waals surface area contributed by atoms with Gasteiger partial charge in [-0.3, -0.25) is 4.99 Å². The predicted molar refractivity (Wildman–Crippen MR) is 74.8 cm³/mol. The number of nitrogens with one attached hydrogen (secondary N) is 1. The summed E-state index contributed by atoms with van der Waals surface area (Å²) in [6, 6.07) is 9.69. The van der Waals surface area contributed by atoms with Gasteiger partial charge in [0.2, 0.25) is 0 Å². The van der Waals surface area contributed by atoms with Crippen LogP contribution in [0, 0.1) is 0 Å². The van der Waals surface area contributed by atoms with Crippen molar-refractivity contribution in [3.05, 3.63) is 35.4 Å². The van der Waals surface area contributed by atoms with E-state index in [1.165, 1.54) is 24.0 Å². The zero-order chi connectivity index (χ0) is 12.4. The van der Waals surface area contributed by atoms with Crippen molar-refractivity contribution in [1.82, 2.24) is 10.2 Å². The Balaban J connectivity index is 1.79. The van der Waals surface area contributed by atoms with Crippen molar-refractivity contribution in [2.75, 3.05) is 19.6 Å². The minimum Gasteiger partial charge on any atom is -0.354 e. The van der Waals surface area contributed by atoms with E-state index in [1.807, 2.05) is 0 Å². The SMILES string of the molecule is CCCc1ccc(C2CCN=C3NCCN32)cc1. The fraction of sp³-hybridized carbons (Fsp3) is 0.533. The van der Waals surface area contributed by atoms with Crippen LogP contribution in [0.4, 0.5) is 0 Å². The topological polar surface area (TPSA) is 27.6 Å². The van der Waals surface area contributed by atoms with Crippen molar-refractivity contribution < 1.29 is 0 Å². The maximum atomic E-state index is 4.55. The molecule has 3 nitrogen and oxygen atoms in total. The number of fused-ring (bicyclic) bond motifs is 1. The number of hydrogen-bond acceptors (Lipinski definition) is 3. The molecule has 3 rings (SSSR count). The van der Waals surface area contributed by atoms with Crippen molar-refractivity contribution in [2.45, 2.75) is 32.2 Å². The van der Waals surface area contributed by atoms with Crippen LogP contribution in [0.2, 0.25) is 0 Å². The van der Waals surface area contributed by atoms with Gasteiger partial charge in [-0.2, -0.15) is 0 Å². The maximum Gasteiger partial charge on any atom is 0.194 e. The molecular formula is C15H21N3. The lowest BCUT2D eigenvalue weighted by atomic mass is 9.99. The summed E-state index contributed by atoms with van der Waals surface area (Å²) in [7, 11) is 0. The first-order valence-electron chi connectivity index (χ1n) is 7.02. The summed E-state index contributed by atoms with van der Waals surface area (Å²) in [5.41, 5.74) is 2.89. The molecular weight excluding hydrogens is 222 g/mol. The van der Waals surface area contributed by atoms with E-state index in [9.17, 15) is 0 Å². The van der Waals surface area contributed by atoms with Crippen molar-refractivity contribution in [3.63, 3.8) is 0 Å². The molecule has 1 atom stereocenters. The molecule has 1 N–H and O–H groups in total. The molecule has 18 heavy (non-hydrogen) atoms. The highest BCUT2D eigenvalue weighted by atomic mass is 15.4. The summed E-state index contributed by atoms with van der Waals surface area (Å²) in [5, 5.41) is 3.37. The van der Waals surface area contributed by atoms with Crippen molar-refractivity contribution in [3.8, 4) is 0 Å². The first kappa shape index (κ1) is 11.6. The zero-order valence-electron chi connectivity index (χ0n) is 11.0. The van der Waals surface area contributed by atoms with Gasteiger partial charge in [0.1, 0.15) is 0 Å². The number of rotatable bonds is 3. The standard InChI is InChI=1S/C15H21N3/c1-2-3-12-4-6-13(7-5-12)14-8-9-16-15-17-10-11-18(14)15/h4-7,14H,2-3,8-11H2,1H3,(H,16,17). The van der Waals surface area contributed by atoms with Gasteiger partial charge in [-0.05, 0) is 24.0 Å². The third kappa shape index (κ3) is 2.09. The third-order valence-corrected chi connectivity index (χ3v) is 3.85. The molecule has 0 radical (unpaired) electrons. The van der Waals surface area contributed by atoms with Crippen LogP contribution in [-0.2, 0) is 6.42 Å². The van der Waals surface area contributed by atoms with Crippen LogP contribution in [0.3, 0.4) is 0 Å². The smallest absolute Gasteiger partial charge is 0.194 e. The Bertz CT molecular complexity index is 436. The van der Waals surface area contributed by atoms with E-state index >= 15 is 0 Å². The zero-order valence-corrected chi connectivity index (χ0v) is 11.0. The molecule has 1 aromatic carbocycles. The van der Waals surface area contributed by atoms with E-state index < -0.39 is 0 Å². The van der Waals surface area contributed by atoms with Crippen LogP contribution in [-0.4, -0.2) is 30.5 Å². The Morgan fingerprint density at radius 1 is 1.33 bits per heavy atom. The lowest BCUT2D eigenvalue weighted by Crippen LogP contribution is -2.37. The maximum absolute atomic E-state index is 4.55. The monoisotopic (exact) mass is 243 g/mol. The van der Waals surface area contributed by atoms with Crippen LogP contribution < -0.4 is 5.32 Å². The van der Waals surface area contributed by atoms with Gasteiger partial charge < -0.3 is 10.2 Å². The largest absolute Gasteiger partial charge is 0.354 e. The normalized spacial score (nSPS) is 22.4. The van der Waals surface area contributed by atoms with Crippen LogP contribution in [0.1, 0.15) is 36.9 Å². The molecule has 2 aliphatic rings. The Labute approximate surface area is 109 Å². The minimum absolute atomic E-state index is 0.517. The quantitative estimate of drug-likeness (QED) is 0.882. The van der Waals surface area contributed by atoms with E-state index in [0.717, 1.165) is 32.0 Å². The Hall–Kier alpha value is -1.51. The Morgan fingerprint density at radius 3 is 2.94 bits per heavy atom. The number of guanidine groups is 1. The number of benzene rings is 1. The molecule has 0 aromatic heterocycles. The van der Waals surface area contributed by atoms with Crippen molar-refractivity contribution in [1.29, 1.82) is 0 Å². The lowest BCUT2D eigenvalue weighted by molar-refractivity contribution is 0.314.